The van der Waals surface area contributed by atoms with Crippen LogP contribution in [0.3, 0.4) is 0 Å². The van der Waals surface area contributed by atoms with E-state index in [2.05, 4.69) is 44.7 Å². The quantitative estimate of drug-likeness (QED) is 0.635. The van der Waals surface area contributed by atoms with Gasteiger partial charge in [0.25, 0.3) is 0 Å². The van der Waals surface area contributed by atoms with E-state index < -0.39 is 0 Å². The molecule has 0 spiro atoms. The van der Waals surface area contributed by atoms with Crippen molar-refractivity contribution in [3.8, 4) is 0 Å². The van der Waals surface area contributed by atoms with Crippen LogP contribution >= 0.6 is 0 Å². The molecule has 1 aromatic carbocycles. The van der Waals surface area contributed by atoms with E-state index in [0.717, 1.165) is 12.0 Å². The fraction of sp³-hybridized carbons (Fsp3) is 0.333. The van der Waals surface area contributed by atoms with Crippen molar-refractivity contribution < 1.29 is 0 Å². The molecule has 0 saturated heterocycles. The van der Waals surface area contributed by atoms with Crippen molar-refractivity contribution in [1.29, 1.82) is 0 Å². The lowest BCUT2D eigenvalue weighted by molar-refractivity contribution is 0.916. The second-order valence-electron chi connectivity index (χ2n) is 3.09. The first kappa shape index (κ1) is 9.05. The maximum atomic E-state index is 3.69. The Balaban J connectivity index is 3.02. The van der Waals surface area contributed by atoms with E-state index in [-0.39, 0.29) is 0 Å². The Morgan fingerprint density at radius 2 is 2.17 bits per heavy atom. The first-order chi connectivity index (χ1) is 5.77. The van der Waals surface area contributed by atoms with Crippen LogP contribution in [-0.4, -0.2) is 0 Å². The number of rotatable bonds is 3. The van der Waals surface area contributed by atoms with Gasteiger partial charge in [0.1, 0.15) is 0 Å². The molecule has 0 heterocycles. The molecule has 0 fully saturated rings. The molecule has 1 rings (SSSR count). The third kappa shape index (κ3) is 1.97. The molecule has 12 heavy (non-hydrogen) atoms. The zero-order valence-electron chi connectivity index (χ0n) is 7.85. The Labute approximate surface area is 74.9 Å². The highest BCUT2D eigenvalue weighted by Crippen LogP contribution is 2.13. The standard InChI is InChI=1S/C12H15/c1-4-6-12-8-7-10(3)9-11(12)5-2/h7-9H,2,4,6H2,1,3H3. The molecule has 0 amide bonds. The maximum absolute atomic E-state index is 3.69. The third-order valence-corrected chi connectivity index (χ3v) is 1.98. The Morgan fingerprint density at radius 1 is 1.42 bits per heavy atom. The van der Waals surface area contributed by atoms with Crippen molar-refractivity contribution in [1.82, 2.24) is 0 Å². The summed E-state index contributed by atoms with van der Waals surface area (Å²) in [5, 5.41) is 0. The Bertz CT molecular complexity index is 271. The van der Waals surface area contributed by atoms with Crippen LogP contribution in [0.5, 0.6) is 0 Å². The molecule has 0 aliphatic carbocycles. The van der Waals surface area contributed by atoms with E-state index >= 15 is 0 Å². The lowest BCUT2D eigenvalue weighted by Gasteiger charge is -2.04. The molecular weight excluding hydrogens is 144 g/mol. The average Bonchev–Trinajstić information content (AvgIpc) is 2.08. The van der Waals surface area contributed by atoms with Gasteiger partial charge in [-0.1, -0.05) is 43.7 Å². The lowest BCUT2D eigenvalue weighted by Crippen LogP contribution is -1.89. The normalized spacial score (nSPS) is 9.83. The van der Waals surface area contributed by atoms with E-state index in [9.17, 15) is 0 Å². The monoisotopic (exact) mass is 159 g/mol. The summed E-state index contributed by atoms with van der Waals surface area (Å²) < 4.78 is 0. The van der Waals surface area contributed by atoms with Gasteiger partial charge >= 0.3 is 0 Å². The van der Waals surface area contributed by atoms with E-state index in [0.29, 0.717) is 0 Å². The molecule has 0 saturated carbocycles. The van der Waals surface area contributed by atoms with Gasteiger partial charge in [-0.2, -0.15) is 0 Å². The van der Waals surface area contributed by atoms with Gasteiger partial charge in [-0.15, -0.1) is 0 Å². The highest BCUT2D eigenvalue weighted by atomic mass is 14.0. The molecule has 0 atom stereocenters. The molecule has 0 unspecified atom stereocenters. The molecule has 0 nitrogen and oxygen atoms in total. The van der Waals surface area contributed by atoms with Crippen LogP contribution in [0.1, 0.15) is 30.0 Å². The van der Waals surface area contributed by atoms with Crippen LogP contribution in [0.4, 0.5) is 0 Å². The van der Waals surface area contributed by atoms with Gasteiger partial charge in [0.2, 0.25) is 0 Å². The van der Waals surface area contributed by atoms with E-state index in [1.807, 2.05) is 0 Å². The summed E-state index contributed by atoms with van der Waals surface area (Å²) >= 11 is 0. The van der Waals surface area contributed by atoms with Gasteiger partial charge in [0, 0.05) is 0 Å². The topological polar surface area (TPSA) is 0 Å². The zero-order valence-corrected chi connectivity index (χ0v) is 7.85. The van der Waals surface area contributed by atoms with Crippen LogP contribution in [-0.2, 0) is 6.42 Å². The molecular formula is C12H15. The molecule has 63 valence electrons. The number of hydrogen-bond donors (Lipinski definition) is 0. The average molecular weight is 159 g/mol. The minimum atomic E-state index is 1.12. The molecule has 0 heteroatoms. The Hall–Kier alpha value is -1.04. The van der Waals surface area contributed by atoms with Gasteiger partial charge in [0.15, 0.2) is 0 Å². The number of hydrogen-bond acceptors (Lipinski definition) is 0. The first-order valence-corrected chi connectivity index (χ1v) is 4.40. The zero-order chi connectivity index (χ0) is 8.97. The van der Waals surface area contributed by atoms with Gasteiger partial charge in [0.05, 0.1) is 0 Å². The predicted octanol–water partition coefficient (Wildman–Crippen LogP) is 3.28. The van der Waals surface area contributed by atoms with Crippen molar-refractivity contribution >= 4 is 0 Å². The van der Waals surface area contributed by atoms with Gasteiger partial charge in [-0.25, -0.2) is 0 Å². The number of benzene rings is 1. The summed E-state index contributed by atoms with van der Waals surface area (Å²) in [5.74, 6) is 0. The van der Waals surface area contributed by atoms with Crippen LogP contribution in [0, 0.1) is 13.0 Å². The summed E-state index contributed by atoms with van der Waals surface area (Å²) in [6.45, 7) is 7.97. The summed E-state index contributed by atoms with van der Waals surface area (Å²) in [4.78, 5) is 0. The maximum Gasteiger partial charge on any atom is -0.0149 e. The van der Waals surface area contributed by atoms with Crippen molar-refractivity contribution in [2.75, 3.05) is 0 Å². The summed E-state index contributed by atoms with van der Waals surface area (Å²) in [7, 11) is 0. The Kier molecular flexibility index (Phi) is 3.09. The van der Waals surface area contributed by atoms with Crippen LogP contribution in [0.2, 0.25) is 0 Å². The summed E-state index contributed by atoms with van der Waals surface area (Å²) in [6, 6.07) is 6.45. The van der Waals surface area contributed by atoms with Gasteiger partial charge in [-0.3, -0.25) is 0 Å². The van der Waals surface area contributed by atoms with Crippen molar-refractivity contribution in [2.24, 2.45) is 0 Å². The second-order valence-corrected chi connectivity index (χ2v) is 3.09. The van der Waals surface area contributed by atoms with Gasteiger partial charge < -0.3 is 0 Å². The first-order valence-electron chi connectivity index (χ1n) is 4.40. The summed E-state index contributed by atoms with van der Waals surface area (Å²) in [6.07, 6.45) is 5.27. The Morgan fingerprint density at radius 3 is 2.75 bits per heavy atom. The molecule has 0 aliphatic heterocycles. The molecule has 1 aromatic rings. The SMILES string of the molecule is C=[C]c1cc(C)ccc1CCC. The third-order valence-electron chi connectivity index (χ3n) is 1.98. The highest BCUT2D eigenvalue weighted by molar-refractivity contribution is 5.35. The van der Waals surface area contributed by atoms with E-state index in [1.165, 1.54) is 17.5 Å². The smallest absolute Gasteiger partial charge is 0.0149 e. The molecule has 1 radical (unpaired) electrons. The second kappa shape index (κ2) is 4.10. The fourth-order valence-electron chi connectivity index (χ4n) is 1.34. The highest BCUT2D eigenvalue weighted by Gasteiger charge is 1.97. The lowest BCUT2D eigenvalue weighted by atomic mass is 10.0. The molecule has 0 aliphatic rings. The largest absolute Gasteiger partial charge is 0.0905 e. The minimum Gasteiger partial charge on any atom is -0.0905 e. The molecule has 0 N–H and O–H groups in total. The minimum absolute atomic E-state index is 1.12. The van der Waals surface area contributed by atoms with Crippen molar-refractivity contribution in [3.63, 3.8) is 0 Å². The van der Waals surface area contributed by atoms with E-state index in [1.54, 1.807) is 0 Å². The fourth-order valence-corrected chi connectivity index (χ4v) is 1.34. The van der Waals surface area contributed by atoms with Crippen LogP contribution in [0.15, 0.2) is 24.8 Å². The van der Waals surface area contributed by atoms with E-state index in [4.69, 9.17) is 0 Å². The molecule has 0 aromatic heterocycles. The molecule has 0 bridgehead atoms. The van der Waals surface area contributed by atoms with Crippen LogP contribution in [0.25, 0.3) is 0 Å². The van der Waals surface area contributed by atoms with Gasteiger partial charge in [-0.05, 0) is 30.5 Å². The van der Waals surface area contributed by atoms with Crippen molar-refractivity contribution in [3.05, 3.63) is 47.5 Å². The summed E-state index contributed by atoms with van der Waals surface area (Å²) in [5.41, 5.74) is 3.80. The predicted molar refractivity (Wildman–Crippen MR) is 53.1 cm³/mol. The number of aryl methyl sites for hydroxylation is 2. The van der Waals surface area contributed by atoms with Crippen LogP contribution < -0.4 is 0 Å². The van der Waals surface area contributed by atoms with Crippen molar-refractivity contribution in [2.45, 2.75) is 26.7 Å².